The van der Waals surface area contributed by atoms with Crippen LogP contribution in [0.2, 0.25) is 0 Å². The van der Waals surface area contributed by atoms with Crippen molar-refractivity contribution >= 4 is 5.97 Å². The Morgan fingerprint density at radius 1 is 1.70 bits per heavy atom. The maximum atomic E-state index is 10.4. The third-order valence-corrected chi connectivity index (χ3v) is 1.34. The molecule has 2 atom stereocenters. The average Bonchev–Trinajstić information content (AvgIpc) is 2.13. The van der Waals surface area contributed by atoms with Crippen molar-refractivity contribution in [2.24, 2.45) is 0 Å². The van der Waals surface area contributed by atoms with Gasteiger partial charge in [0, 0.05) is 13.3 Å². The lowest BCUT2D eigenvalue weighted by Crippen LogP contribution is -2.13. The predicted molar refractivity (Wildman–Crippen MR) is 35.3 cm³/mol. The fourth-order valence-corrected chi connectivity index (χ4v) is 0.948. The Bertz CT molecular complexity index is 162. The summed E-state index contributed by atoms with van der Waals surface area (Å²) in [6, 6.07) is 0. The number of hydrogen-bond donors (Lipinski definition) is 1. The van der Waals surface area contributed by atoms with Gasteiger partial charge in [0.15, 0.2) is 0 Å². The summed E-state index contributed by atoms with van der Waals surface area (Å²) in [7, 11) is 0. The van der Waals surface area contributed by atoms with Crippen LogP contribution >= 0.6 is 0 Å². The first-order valence-corrected chi connectivity index (χ1v) is 3.22. The molecule has 0 radical (unpaired) electrons. The molecule has 0 heterocycles. The van der Waals surface area contributed by atoms with Crippen LogP contribution in [0.25, 0.3) is 0 Å². The molecule has 0 bridgehead atoms. The second-order valence-electron chi connectivity index (χ2n) is 2.34. The number of ether oxygens (including phenoxy) is 1. The Kier molecular flexibility index (Phi) is 2.06. The molecular weight excluding hydrogens is 132 g/mol. The van der Waals surface area contributed by atoms with Crippen molar-refractivity contribution in [3.63, 3.8) is 0 Å². The molecule has 10 heavy (non-hydrogen) atoms. The van der Waals surface area contributed by atoms with Gasteiger partial charge in [-0.1, -0.05) is 6.08 Å². The van der Waals surface area contributed by atoms with E-state index in [1.807, 2.05) is 0 Å². The van der Waals surface area contributed by atoms with E-state index in [1.54, 1.807) is 12.2 Å². The molecule has 0 spiro atoms. The lowest BCUT2D eigenvalue weighted by Gasteiger charge is -2.07. The Morgan fingerprint density at radius 2 is 2.40 bits per heavy atom. The minimum absolute atomic E-state index is 0.215. The van der Waals surface area contributed by atoms with Gasteiger partial charge in [-0.2, -0.15) is 0 Å². The molecule has 1 aliphatic rings. The van der Waals surface area contributed by atoms with Gasteiger partial charge in [0.2, 0.25) is 0 Å². The molecule has 1 N–H and O–H groups in total. The number of carbonyl (C=O) groups excluding carboxylic acids is 1. The average molecular weight is 142 g/mol. The van der Waals surface area contributed by atoms with Crippen molar-refractivity contribution in [2.45, 2.75) is 25.6 Å². The highest BCUT2D eigenvalue weighted by atomic mass is 16.5. The van der Waals surface area contributed by atoms with Gasteiger partial charge in [-0.3, -0.25) is 4.79 Å². The zero-order valence-electron chi connectivity index (χ0n) is 5.78. The van der Waals surface area contributed by atoms with E-state index in [2.05, 4.69) is 0 Å². The first kappa shape index (κ1) is 7.28. The van der Waals surface area contributed by atoms with Crippen LogP contribution in [0.4, 0.5) is 0 Å². The highest BCUT2D eigenvalue weighted by molar-refractivity contribution is 5.66. The summed E-state index contributed by atoms with van der Waals surface area (Å²) in [6.45, 7) is 1.36. The van der Waals surface area contributed by atoms with Crippen molar-refractivity contribution in [1.29, 1.82) is 0 Å². The second-order valence-corrected chi connectivity index (χ2v) is 2.34. The maximum Gasteiger partial charge on any atom is 0.303 e. The Hall–Kier alpha value is -0.830. The van der Waals surface area contributed by atoms with E-state index in [1.165, 1.54) is 6.92 Å². The van der Waals surface area contributed by atoms with E-state index in [9.17, 15) is 4.79 Å². The number of carbonyl (C=O) groups is 1. The maximum absolute atomic E-state index is 10.4. The summed E-state index contributed by atoms with van der Waals surface area (Å²) in [4.78, 5) is 10.4. The van der Waals surface area contributed by atoms with Gasteiger partial charge in [0.05, 0.1) is 6.10 Å². The summed E-state index contributed by atoms with van der Waals surface area (Å²) in [5.74, 6) is -0.302. The van der Waals surface area contributed by atoms with Gasteiger partial charge in [-0.15, -0.1) is 0 Å². The molecule has 0 aromatic rings. The van der Waals surface area contributed by atoms with Gasteiger partial charge in [-0.25, -0.2) is 0 Å². The summed E-state index contributed by atoms with van der Waals surface area (Å²) in [5, 5.41) is 8.93. The van der Waals surface area contributed by atoms with Crippen LogP contribution in [0.1, 0.15) is 13.3 Å². The first-order valence-electron chi connectivity index (χ1n) is 3.22. The van der Waals surface area contributed by atoms with Crippen molar-refractivity contribution in [2.75, 3.05) is 0 Å². The normalized spacial score (nSPS) is 30.6. The zero-order chi connectivity index (χ0) is 7.56. The molecule has 1 aliphatic carbocycles. The highest BCUT2D eigenvalue weighted by Crippen LogP contribution is 2.13. The lowest BCUT2D eigenvalue weighted by atomic mass is 10.3. The summed E-state index contributed by atoms with van der Waals surface area (Å²) < 4.78 is 4.80. The van der Waals surface area contributed by atoms with Crippen molar-refractivity contribution in [3.05, 3.63) is 12.2 Å². The fourth-order valence-electron chi connectivity index (χ4n) is 0.948. The molecule has 3 heteroatoms. The molecule has 56 valence electrons. The summed E-state index contributed by atoms with van der Waals surface area (Å²) in [5.41, 5.74) is 0. The van der Waals surface area contributed by atoms with Crippen LogP contribution in [0.5, 0.6) is 0 Å². The lowest BCUT2D eigenvalue weighted by molar-refractivity contribution is -0.144. The van der Waals surface area contributed by atoms with Gasteiger partial charge in [0.1, 0.15) is 6.10 Å². The molecule has 0 aromatic heterocycles. The van der Waals surface area contributed by atoms with Gasteiger partial charge < -0.3 is 9.84 Å². The smallest absolute Gasteiger partial charge is 0.303 e. The zero-order valence-corrected chi connectivity index (χ0v) is 5.78. The topological polar surface area (TPSA) is 46.5 Å². The van der Waals surface area contributed by atoms with Crippen LogP contribution in [-0.4, -0.2) is 23.3 Å². The van der Waals surface area contributed by atoms with Crippen LogP contribution in [-0.2, 0) is 9.53 Å². The molecular formula is C7H10O3. The minimum atomic E-state index is -0.440. The molecule has 0 amide bonds. The third kappa shape index (κ3) is 1.84. The molecule has 0 saturated heterocycles. The van der Waals surface area contributed by atoms with Crippen molar-refractivity contribution in [3.8, 4) is 0 Å². The Morgan fingerprint density at radius 3 is 2.80 bits per heavy atom. The van der Waals surface area contributed by atoms with Crippen LogP contribution in [0.3, 0.4) is 0 Å². The van der Waals surface area contributed by atoms with Crippen molar-refractivity contribution in [1.82, 2.24) is 0 Å². The number of esters is 1. The van der Waals surface area contributed by atoms with E-state index >= 15 is 0 Å². The SMILES string of the molecule is CC(=O)OC1C=C[C@H](O)C1. The van der Waals surface area contributed by atoms with E-state index in [0.717, 1.165) is 0 Å². The molecule has 0 aliphatic heterocycles. The molecule has 1 rings (SSSR count). The molecule has 3 nitrogen and oxygen atoms in total. The largest absolute Gasteiger partial charge is 0.458 e. The fraction of sp³-hybridized carbons (Fsp3) is 0.571. The first-order chi connectivity index (χ1) is 4.68. The second kappa shape index (κ2) is 2.84. The van der Waals surface area contributed by atoms with Gasteiger partial charge >= 0.3 is 5.97 Å². The summed E-state index contributed by atoms with van der Waals surface area (Å²) in [6.07, 6.45) is 3.18. The predicted octanol–water partition coefficient (Wildman–Crippen LogP) is 0.239. The van der Waals surface area contributed by atoms with Gasteiger partial charge in [0.25, 0.3) is 0 Å². The Labute approximate surface area is 59.3 Å². The van der Waals surface area contributed by atoms with E-state index in [-0.39, 0.29) is 12.1 Å². The molecule has 0 saturated carbocycles. The number of rotatable bonds is 1. The van der Waals surface area contributed by atoms with Crippen molar-refractivity contribution < 1.29 is 14.6 Å². The highest BCUT2D eigenvalue weighted by Gasteiger charge is 2.18. The van der Waals surface area contributed by atoms with Gasteiger partial charge in [-0.05, 0) is 6.08 Å². The van der Waals surface area contributed by atoms with Crippen LogP contribution in [0.15, 0.2) is 12.2 Å². The van der Waals surface area contributed by atoms with Crippen LogP contribution < -0.4 is 0 Å². The van der Waals surface area contributed by atoms with E-state index in [4.69, 9.17) is 9.84 Å². The minimum Gasteiger partial charge on any atom is -0.458 e. The number of aliphatic hydroxyl groups excluding tert-OH is 1. The monoisotopic (exact) mass is 142 g/mol. The number of hydrogen-bond acceptors (Lipinski definition) is 3. The number of aliphatic hydroxyl groups is 1. The molecule has 0 aromatic carbocycles. The molecule has 0 fully saturated rings. The van der Waals surface area contributed by atoms with E-state index in [0.29, 0.717) is 6.42 Å². The van der Waals surface area contributed by atoms with Crippen LogP contribution in [0, 0.1) is 0 Å². The third-order valence-electron chi connectivity index (χ3n) is 1.34. The quantitative estimate of drug-likeness (QED) is 0.421. The molecule has 1 unspecified atom stereocenters. The summed E-state index contributed by atoms with van der Waals surface area (Å²) >= 11 is 0. The standard InChI is InChI=1S/C7H10O3/c1-5(8)10-7-3-2-6(9)4-7/h2-3,6-7,9H,4H2,1H3/t6-,7?/m0/s1. The Balaban J connectivity index is 2.33. The van der Waals surface area contributed by atoms with E-state index < -0.39 is 6.10 Å².